The SMILES string of the molecule is CC(C)n1cnc2c(NCc3nc4c(C(=O)O)cccc4[nH]3)nc(N3CCOCC3)nc21. The summed E-state index contributed by atoms with van der Waals surface area (Å²) in [6.45, 7) is 7.22. The summed E-state index contributed by atoms with van der Waals surface area (Å²) in [7, 11) is 0. The molecule has 3 aromatic heterocycles. The molecule has 0 spiro atoms. The molecule has 1 saturated heterocycles. The molecule has 166 valence electrons. The van der Waals surface area contributed by atoms with Crippen LogP contribution in [0.3, 0.4) is 0 Å². The lowest BCUT2D eigenvalue weighted by Crippen LogP contribution is -2.37. The highest BCUT2D eigenvalue weighted by Crippen LogP contribution is 2.26. The van der Waals surface area contributed by atoms with Gasteiger partial charge < -0.3 is 29.6 Å². The van der Waals surface area contributed by atoms with Gasteiger partial charge in [0, 0.05) is 19.1 Å². The average molecular weight is 436 g/mol. The Kier molecular flexibility index (Phi) is 5.10. The van der Waals surface area contributed by atoms with Crippen LogP contribution >= 0.6 is 0 Å². The number of fused-ring (bicyclic) bond motifs is 2. The molecule has 0 atom stereocenters. The molecule has 4 heterocycles. The van der Waals surface area contributed by atoms with Gasteiger partial charge >= 0.3 is 5.97 Å². The molecule has 1 fully saturated rings. The number of carbonyl (C=O) groups is 1. The van der Waals surface area contributed by atoms with Gasteiger partial charge in [0.15, 0.2) is 17.0 Å². The van der Waals surface area contributed by atoms with Crippen molar-refractivity contribution in [2.75, 3.05) is 36.5 Å². The van der Waals surface area contributed by atoms with Gasteiger partial charge in [-0.15, -0.1) is 0 Å². The topological polar surface area (TPSA) is 134 Å². The lowest BCUT2D eigenvalue weighted by atomic mass is 10.2. The Morgan fingerprint density at radius 3 is 2.78 bits per heavy atom. The van der Waals surface area contributed by atoms with Crippen LogP contribution in [0.25, 0.3) is 22.2 Å². The van der Waals surface area contributed by atoms with Gasteiger partial charge in [0.05, 0.1) is 37.2 Å². The van der Waals surface area contributed by atoms with E-state index in [-0.39, 0.29) is 11.6 Å². The minimum atomic E-state index is -1.01. The number of morpholine rings is 1. The minimum absolute atomic E-state index is 0.166. The Morgan fingerprint density at radius 1 is 1.22 bits per heavy atom. The summed E-state index contributed by atoms with van der Waals surface area (Å²) in [6, 6.07) is 5.25. The van der Waals surface area contributed by atoms with Gasteiger partial charge in [-0.3, -0.25) is 0 Å². The maximum absolute atomic E-state index is 11.5. The van der Waals surface area contributed by atoms with Gasteiger partial charge in [-0.2, -0.15) is 9.97 Å². The quantitative estimate of drug-likeness (QED) is 0.416. The number of benzene rings is 1. The molecule has 11 nitrogen and oxygen atoms in total. The third-order valence-corrected chi connectivity index (χ3v) is 5.48. The van der Waals surface area contributed by atoms with Crippen molar-refractivity contribution in [3.63, 3.8) is 0 Å². The molecule has 0 saturated carbocycles. The van der Waals surface area contributed by atoms with E-state index in [9.17, 15) is 9.90 Å². The Hall–Kier alpha value is -3.73. The first-order valence-electron chi connectivity index (χ1n) is 10.5. The number of aromatic nitrogens is 6. The number of H-pyrrole nitrogens is 1. The number of nitrogens with one attached hydrogen (secondary N) is 2. The van der Waals surface area contributed by atoms with Crippen molar-refractivity contribution in [1.29, 1.82) is 0 Å². The average Bonchev–Trinajstić information content (AvgIpc) is 3.41. The number of carboxylic acids is 1. The third-order valence-electron chi connectivity index (χ3n) is 5.48. The summed E-state index contributed by atoms with van der Waals surface area (Å²) < 4.78 is 7.48. The molecule has 32 heavy (non-hydrogen) atoms. The van der Waals surface area contributed by atoms with Crippen LogP contribution < -0.4 is 10.2 Å². The highest BCUT2D eigenvalue weighted by Gasteiger charge is 2.20. The van der Waals surface area contributed by atoms with Crippen molar-refractivity contribution < 1.29 is 14.6 Å². The molecule has 5 rings (SSSR count). The van der Waals surface area contributed by atoms with Crippen molar-refractivity contribution in [1.82, 2.24) is 29.5 Å². The standard InChI is InChI=1S/C21H24N8O3/c1-12(2)29-11-23-17-18(26-21(27-19(17)29)28-6-8-32-9-7-28)22-10-15-24-14-5-3-4-13(20(30)31)16(14)25-15/h3-5,11-12H,6-10H2,1-2H3,(H,24,25)(H,30,31)(H,22,26,27). The van der Waals surface area contributed by atoms with E-state index in [0.717, 1.165) is 18.7 Å². The largest absolute Gasteiger partial charge is 0.478 e. The highest BCUT2D eigenvalue weighted by molar-refractivity contribution is 6.00. The number of hydrogen-bond acceptors (Lipinski definition) is 8. The maximum atomic E-state index is 11.5. The predicted octanol–water partition coefficient (Wildman–Crippen LogP) is 2.43. The van der Waals surface area contributed by atoms with Crippen LogP contribution in [0.1, 0.15) is 36.1 Å². The van der Waals surface area contributed by atoms with Crippen LogP contribution in [0.5, 0.6) is 0 Å². The van der Waals surface area contributed by atoms with Gasteiger partial charge in [0.2, 0.25) is 5.95 Å². The molecule has 0 unspecified atom stereocenters. The Balaban J connectivity index is 1.50. The summed E-state index contributed by atoms with van der Waals surface area (Å²) in [6.07, 6.45) is 1.78. The van der Waals surface area contributed by atoms with Crippen molar-refractivity contribution in [3.05, 3.63) is 35.9 Å². The Bertz CT molecular complexity index is 1290. The number of aromatic carboxylic acids is 1. The van der Waals surface area contributed by atoms with Crippen molar-refractivity contribution >= 4 is 39.9 Å². The summed E-state index contributed by atoms with van der Waals surface area (Å²) in [5.41, 5.74) is 2.71. The molecule has 1 aromatic carbocycles. The molecule has 11 heteroatoms. The van der Waals surface area contributed by atoms with Gasteiger partial charge in [-0.1, -0.05) is 6.07 Å². The van der Waals surface area contributed by atoms with Crippen LogP contribution in [0.2, 0.25) is 0 Å². The van der Waals surface area contributed by atoms with Crippen molar-refractivity contribution in [3.8, 4) is 0 Å². The fourth-order valence-corrected chi connectivity index (χ4v) is 3.82. The fraction of sp³-hybridized carbons (Fsp3) is 0.381. The number of para-hydroxylation sites is 1. The molecule has 3 N–H and O–H groups in total. The van der Waals surface area contributed by atoms with Crippen LogP contribution in [0.15, 0.2) is 24.5 Å². The minimum Gasteiger partial charge on any atom is -0.478 e. The monoisotopic (exact) mass is 436 g/mol. The van der Waals surface area contributed by atoms with E-state index >= 15 is 0 Å². The van der Waals surface area contributed by atoms with Gasteiger partial charge in [0.1, 0.15) is 11.3 Å². The summed E-state index contributed by atoms with van der Waals surface area (Å²) in [4.78, 5) is 35.3. The molecule has 1 aliphatic heterocycles. The Labute approximate surface area is 183 Å². The van der Waals surface area contributed by atoms with E-state index in [4.69, 9.17) is 14.7 Å². The van der Waals surface area contributed by atoms with E-state index in [1.165, 1.54) is 0 Å². The normalized spacial score (nSPS) is 14.5. The number of ether oxygens (including phenoxy) is 1. The number of aromatic amines is 1. The fourth-order valence-electron chi connectivity index (χ4n) is 3.82. The van der Waals surface area contributed by atoms with Crippen LogP contribution in [-0.4, -0.2) is 66.9 Å². The van der Waals surface area contributed by atoms with E-state index in [2.05, 4.69) is 39.0 Å². The first-order valence-corrected chi connectivity index (χ1v) is 10.5. The molecule has 0 radical (unpaired) electrons. The summed E-state index contributed by atoms with van der Waals surface area (Å²) in [5.74, 6) is 0.837. The number of nitrogens with zero attached hydrogens (tertiary/aromatic N) is 6. The number of imidazole rings is 2. The van der Waals surface area contributed by atoms with Crippen molar-refractivity contribution in [2.24, 2.45) is 0 Å². The maximum Gasteiger partial charge on any atom is 0.337 e. The zero-order chi connectivity index (χ0) is 22.2. The molecular weight excluding hydrogens is 412 g/mol. The van der Waals surface area contributed by atoms with Gasteiger partial charge in [-0.25, -0.2) is 14.8 Å². The smallest absolute Gasteiger partial charge is 0.337 e. The van der Waals surface area contributed by atoms with Gasteiger partial charge in [-0.05, 0) is 26.0 Å². The molecular formula is C21H24N8O3. The molecule has 1 aliphatic rings. The first-order chi connectivity index (χ1) is 15.5. The summed E-state index contributed by atoms with van der Waals surface area (Å²) in [5, 5.41) is 12.7. The molecule has 0 bridgehead atoms. The summed E-state index contributed by atoms with van der Waals surface area (Å²) >= 11 is 0. The van der Waals surface area contributed by atoms with Crippen LogP contribution in [0, 0.1) is 0 Å². The first kappa shape index (κ1) is 20.2. The highest BCUT2D eigenvalue weighted by atomic mass is 16.5. The second-order valence-electron chi connectivity index (χ2n) is 7.93. The Morgan fingerprint density at radius 2 is 2.03 bits per heavy atom. The van der Waals surface area contributed by atoms with Crippen LogP contribution in [-0.2, 0) is 11.3 Å². The van der Waals surface area contributed by atoms with E-state index in [1.807, 2.05) is 10.6 Å². The zero-order valence-electron chi connectivity index (χ0n) is 17.9. The number of rotatable bonds is 6. The molecule has 0 aliphatic carbocycles. The molecule has 0 amide bonds. The second-order valence-corrected chi connectivity index (χ2v) is 7.93. The van der Waals surface area contributed by atoms with Crippen molar-refractivity contribution in [2.45, 2.75) is 26.4 Å². The zero-order valence-corrected chi connectivity index (χ0v) is 17.9. The number of hydrogen-bond donors (Lipinski definition) is 3. The lowest BCUT2D eigenvalue weighted by molar-refractivity contribution is 0.0699. The van der Waals surface area contributed by atoms with E-state index < -0.39 is 5.97 Å². The van der Waals surface area contributed by atoms with E-state index in [0.29, 0.717) is 53.9 Å². The lowest BCUT2D eigenvalue weighted by Gasteiger charge is -2.27. The second kappa shape index (κ2) is 8.08. The predicted molar refractivity (Wildman–Crippen MR) is 119 cm³/mol. The number of carboxylic acid groups (broad SMARTS) is 1. The van der Waals surface area contributed by atoms with Gasteiger partial charge in [0.25, 0.3) is 0 Å². The van der Waals surface area contributed by atoms with E-state index in [1.54, 1.807) is 18.5 Å². The van der Waals surface area contributed by atoms with Crippen LogP contribution in [0.4, 0.5) is 11.8 Å². The number of anilines is 2. The third kappa shape index (κ3) is 3.60. The molecule has 4 aromatic rings.